The molecule has 4 nitrogen and oxygen atoms in total. The van der Waals surface area contributed by atoms with Crippen LogP contribution in [0.4, 0.5) is 0 Å². The molecule has 2 heterocycles. The van der Waals surface area contributed by atoms with Gasteiger partial charge in [0.1, 0.15) is 0 Å². The molecule has 1 amide bonds. The predicted molar refractivity (Wildman–Crippen MR) is 57.5 cm³/mol. The van der Waals surface area contributed by atoms with Crippen molar-refractivity contribution in [1.82, 2.24) is 9.80 Å². The molecular formula is C11H20N2O2. The second-order valence-electron chi connectivity index (χ2n) is 4.81. The van der Waals surface area contributed by atoms with Crippen molar-refractivity contribution in [1.29, 1.82) is 0 Å². The molecule has 1 N–H and O–H groups in total. The van der Waals surface area contributed by atoms with Gasteiger partial charge in [-0.25, -0.2) is 0 Å². The zero-order valence-electron chi connectivity index (χ0n) is 9.41. The molecule has 2 aliphatic heterocycles. The zero-order chi connectivity index (χ0) is 10.9. The summed E-state index contributed by atoms with van der Waals surface area (Å²) in [5.41, 5.74) is -0.523. The summed E-state index contributed by atoms with van der Waals surface area (Å²) < 4.78 is 0. The fourth-order valence-corrected chi connectivity index (χ4v) is 2.38. The molecule has 15 heavy (non-hydrogen) atoms. The largest absolute Gasteiger partial charge is 0.387 e. The van der Waals surface area contributed by atoms with E-state index >= 15 is 0 Å². The van der Waals surface area contributed by atoms with Crippen LogP contribution in [-0.2, 0) is 4.79 Å². The number of rotatable bonds is 3. The third-order valence-corrected chi connectivity index (χ3v) is 3.51. The maximum atomic E-state index is 11.8. The predicted octanol–water partition coefficient (Wildman–Crippen LogP) is 0.0655. The van der Waals surface area contributed by atoms with Gasteiger partial charge in [-0.05, 0) is 19.3 Å². The highest BCUT2D eigenvalue weighted by molar-refractivity contribution is 5.78. The van der Waals surface area contributed by atoms with Crippen LogP contribution in [0.1, 0.15) is 26.2 Å². The quantitative estimate of drug-likeness (QED) is 0.720. The van der Waals surface area contributed by atoms with Crippen molar-refractivity contribution in [3.63, 3.8) is 0 Å². The Morgan fingerprint density at radius 2 is 1.93 bits per heavy atom. The molecule has 2 aliphatic rings. The summed E-state index contributed by atoms with van der Waals surface area (Å²) in [6.07, 6.45) is 3.07. The topological polar surface area (TPSA) is 43.8 Å². The van der Waals surface area contributed by atoms with Gasteiger partial charge < -0.3 is 10.0 Å². The van der Waals surface area contributed by atoms with Crippen molar-refractivity contribution in [2.45, 2.75) is 31.8 Å². The van der Waals surface area contributed by atoms with E-state index in [9.17, 15) is 9.90 Å². The average molecular weight is 212 g/mol. The maximum absolute atomic E-state index is 11.8. The first-order valence-corrected chi connectivity index (χ1v) is 5.85. The van der Waals surface area contributed by atoms with Crippen molar-refractivity contribution in [3.05, 3.63) is 0 Å². The van der Waals surface area contributed by atoms with Crippen molar-refractivity contribution in [3.8, 4) is 0 Å². The number of carbonyl (C=O) groups excluding carboxylic acids is 1. The molecule has 0 bridgehead atoms. The number of likely N-dealkylation sites (tertiary alicyclic amines) is 2. The Morgan fingerprint density at radius 3 is 2.47 bits per heavy atom. The van der Waals surface area contributed by atoms with E-state index in [0.29, 0.717) is 19.6 Å². The Hall–Kier alpha value is -0.610. The van der Waals surface area contributed by atoms with Gasteiger partial charge in [-0.2, -0.15) is 0 Å². The van der Waals surface area contributed by atoms with Gasteiger partial charge in [0.15, 0.2) is 0 Å². The number of amides is 1. The van der Waals surface area contributed by atoms with Crippen LogP contribution in [0.25, 0.3) is 0 Å². The fraction of sp³-hybridized carbons (Fsp3) is 0.909. The first-order valence-electron chi connectivity index (χ1n) is 5.85. The number of hydrogen-bond acceptors (Lipinski definition) is 3. The number of carbonyl (C=O) groups is 1. The summed E-state index contributed by atoms with van der Waals surface area (Å²) in [5.74, 6) is 0.227. The van der Waals surface area contributed by atoms with Gasteiger partial charge in [0, 0.05) is 26.2 Å². The van der Waals surface area contributed by atoms with E-state index < -0.39 is 5.60 Å². The van der Waals surface area contributed by atoms with Crippen LogP contribution in [0.2, 0.25) is 0 Å². The van der Waals surface area contributed by atoms with Crippen molar-refractivity contribution >= 4 is 5.91 Å². The summed E-state index contributed by atoms with van der Waals surface area (Å²) >= 11 is 0. The van der Waals surface area contributed by atoms with Gasteiger partial charge >= 0.3 is 0 Å². The third-order valence-electron chi connectivity index (χ3n) is 3.51. The van der Waals surface area contributed by atoms with Crippen molar-refractivity contribution < 1.29 is 9.90 Å². The van der Waals surface area contributed by atoms with Crippen LogP contribution in [0.3, 0.4) is 0 Å². The van der Waals surface area contributed by atoms with E-state index in [1.807, 2.05) is 16.7 Å². The number of aliphatic hydroxyl groups is 1. The average Bonchev–Trinajstić information content (AvgIpc) is 2.67. The molecule has 0 spiro atoms. The SMILES string of the molecule is CCC1(O)CN(CC(=O)N2CCCC2)C1. The monoisotopic (exact) mass is 212 g/mol. The van der Waals surface area contributed by atoms with Crippen molar-refractivity contribution in [2.24, 2.45) is 0 Å². The van der Waals surface area contributed by atoms with E-state index in [1.165, 1.54) is 0 Å². The molecule has 4 heteroatoms. The Bertz CT molecular complexity index is 243. The lowest BCUT2D eigenvalue weighted by atomic mass is 9.91. The standard InChI is InChI=1S/C11H20N2O2/c1-2-11(15)8-12(9-11)7-10(14)13-5-3-4-6-13/h15H,2-9H2,1H3. The minimum absolute atomic E-state index is 0.227. The highest BCUT2D eigenvalue weighted by Crippen LogP contribution is 2.23. The van der Waals surface area contributed by atoms with Crippen LogP contribution in [0.15, 0.2) is 0 Å². The highest BCUT2D eigenvalue weighted by Gasteiger charge is 2.40. The summed E-state index contributed by atoms with van der Waals surface area (Å²) in [4.78, 5) is 15.7. The first kappa shape index (κ1) is 10.9. The van der Waals surface area contributed by atoms with Gasteiger partial charge in [-0.3, -0.25) is 9.69 Å². The van der Waals surface area contributed by atoms with Crippen LogP contribution >= 0.6 is 0 Å². The summed E-state index contributed by atoms with van der Waals surface area (Å²) in [5, 5.41) is 9.80. The molecule has 0 atom stereocenters. The van der Waals surface area contributed by atoms with Gasteiger partial charge in [0.2, 0.25) is 5.91 Å². The molecule has 0 saturated carbocycles. The van der Waals surface area contributed by atoms with E-state index in [0.717, 1.165) is 32.4 Å². The van der Waals surface area contributed by atoms with E-state index in [2.05, 4.69) is 0 Å². The lowest BCUT2D eigenvalue weighted by Gasteiger charge is -2.46. The third kappa shape index (κ3) is 2.32. The summed E-state index contributed by atoms with van der Waals surface area (Å²) in [6, 6.07) is 0. The molecule has 2 saturated heterocycles. The van der Waals surface area contributed by atoms with E-state index in [4.69, 9.17) is 0 Å². The molecule has 0 aliphatic carbocycles. The van der Waals surface area contributed by atoms with Crippen LogP contribution in [0.5, 0.6) is 0 Å². The van der Waals surface area contributed by atoms with Gasteiger partial charge in [-0.1, -0.05) is 6.92 Å². The molecule has 0 unspecified atom stereocenters. The molecule has 2 fully saturated rings. The number of β-amino-alcohol motifs (C(OH)–C–C–N with tert-alkyl or cyclic N) is 1. The van der Waals surface area contributed by atoms with Gasteiger partial charge in [0.25, 0.3) is 0 Å². The van der Waals surface area contributed by atoms with Crippen LogP contribution in [-0.4, -0.2) is 59.1 Å². The second-order valence-corrected chi connectivity index (χ2v) is 4.81. The molecule has 0 aromatic carbocycles. The number of hydrogen-bond donors (Lipinski definition) is 1. The van der Waals surface area contributed by atoms with Crippen LogP contribution in [0, 0.1) is 0 Å². The summed E-state index contributed by atoms with van der Waals surface area (Å²) in [6.45, 7) is 5.63. The van der Waals surface area contributed by atoms with E-state index in [1.54, 1.807) is 0 Å². The Balaban J connectivity index is 1.72. The molecule has 86 valence electrons. The zero-order valence-corrected chi connectivity index (χ0v) is 9.41. The highest BCUT2D eigenvalue weighted by atomic mass is 16.3. The smallest absolute Gasteiger partial charge is 0.236 e. The van der Waals surface area contributed by atoms with Gasteiger partial charge in [-0.15, -0.1) is 0 Å². The Morgan fingerprint density at radius 1 is 1.33 bits per heavy atom. The van der Waals surface area contributed by atoms with E-state index in [-0.39, 0.29) is 5.91 Å². The Labute approximate surface area is 90.9 Å². The number of nitrogens with zero attached hydrogens (tertiary/aromatic N) is 2. The minimum atomic E-state index is -0.523. The Kier molecular flexibility index (Phi) is 2.98. The lowest BCUT2D eigenvalue weighted by Crippen LogP contribution is -2.63. The molecule has 0 aromatic heterocycles. The normalized spacial score (nSPS) is 25.3. The molecule has 0 aromatic rings. The molecular weight excluding hydrogens is 192 g/mol. The summed E-state index contributed by atoms with van der Waals surface area (Å²) in [7, 11) is 0. The first-order chi connectivity index (χ1) is 7.13. The van der Waals surface area contributed by atoms with Gasteiger partial charge in [0.05, 0.1) is 12.1 Å². The minimum Gasteiger partial charge on any atom is -0.387 e. The van der Waals surface area contributed by atoms with Crippen LogP contribution < -0.4 is 0 Å². The molecule has 2 rings (SSSR count). The second kappa shape index (κ2) is 4.10. The fourth-order valence-electron chi connectivity index (χ4n) is 2.38. The maximum Gasteiger partial charge on any atom is 0.236 e. The van der Waals surface area contributed by atoms with Crippen molar-refractivity contribution in [2.75, 3.05) is 32.7 Å². The molecule has 0 radical (unpaired) electrons. The lowest BCUT2D eigenvalue weighted by molar-refractivity contribution is -0.141.